The van der Waals surface area contributed by atoms with Crippen LogP contribution in [0.25, 0.3) is 87.2 Å². The molecule has 0 unspecified atom stereocenters. The second-order valence-electron chi connectivity index (χ2n) is 11.7. The molecule has 0 fully saturated rings. The van der Waals surface area contributed by atoms with Crippen molar-refractivity contribution >= 4 is 53.9 Å². The predicted molar refractivity (Wildman–Crippen MR) is 190 cm³/mol. The van der Waals surface area contributed by atoms with E-state index in [0.29, 0.717) is 0 Å². The summed E-state index contributed by atoms with van der Waals surface area (Å²) in [7, 11) is 0. The van der Waals surface area contributed by atoms with E-state index in [1.165, 1.54) is 87.2 Å². The monoisotopic (exact) mass is 556 g/mol. The van der Waals surface area contributed by atoms with Crippen molar-refractivity contribution in [2.24, 2.45) is 0 Å². The first kappa shape index (κ1) is 24.8. The maximum atomic E-state index is 2.41. The smallest absolute Gasteiger partial charge is 0.00201 e. The van der Waals surface area contributed by atoms with Crippen molar-refractivity contribution in [3.63, 3.8) is 0 Å². The van der Waals surface area contributed by atoms with E-state index in [-0.39, 0.29) is 0 Å². The number of hydrogen-bond donors (Lipinski definition) is 0. The largest absolute Gasteiger partial charge is 0.0622 e. The molecule has 9 aromatic carbocycles. The molecule has 44 heavy (non-hydrogen) atoms. The molecule has 9 aromatic rings. The van der Waals surface area contributed by atoms with E-state index in [1.807, 2.05) is 0 Å². The van der Waals surface area contributed by atoms with E-state index in [2.05, 4.69) is 170 Å². The van der Waals surface area contributed by atoms with Crippen LogP contribution in [0.2, 0.25) is 0 Å². The second-order valence-corrected chi connectivity index (χ2v) is 11.7. The first-order valence-corrected chi connectivity index (χ1v) is 15.3. The van der Waals surface area contributed by atoms with E-state index in [9.17, 15) is 0 Å². The van der Waals surface area contributed by atoms with Crippen molar-refractivity contribution < 1.29 is 0 Å². The molecule has 0 heteroatoms. The van der Waals surface area contributed by atoms with Gasteiger partial charge in [-0.15, -0.1) is 0 Å². The average molecular weight is 557 g/mol. The molecule has 0 saturated carbocycles. The van der Waals surface area contributed by atoms with Crippen molar-refractivity contribution in [1.82, 2.24) is 0 Å². The van der Waals surface area contributed by atoms with E-state index in [0.717, 1.165) is 0 Å². The van der Waals surface area contributed by atoms with E-state index in [1.54, 1.807) is 0 Å². The van der Waals surface area contributed by atoms with Gasteiger partial charge in [-0.3, -0.25) is 0 Å². The number of hydrogen-bond acceptors (Lipinski definition) is 0. The van der Waals surface area contributed by atoms with E-state index >= 15 is 0 Å². The third kappa shape index (κ3) is 3.85. The minimum atomic E-state index is 1.23. The van der Waals surface area contributed by atoms with Gasteiger partial charge in [-0.2, -0.15) is 0 Å². The van der Waals surface area contributed by atoms with Gasteiger partial charge in [0.1, 0.15) is 0 Å². The quantitative estimate of drug-likeness (QED) is 0.150. The summed E-state index contributed by atoms with van der Waals surface area (Å²) in [5.74, 6) is 0. The normalized spacial score (nSPS) is 11.6. The lowest BCUT2D eigenvalue weighted by molar-refractivity contribution is 1.64. The summed E-state index contributed by atoms with van der Waals surface area (Å²) in [5.41, 5.74) is 7.54. The molecule has 0 radical (unpaired) electrons. The summed E-state index contributed by atoms with van der Waals surface area (Å²) >= 11 is 0. The van der Waals surface area contributed by atoms with Crippen molar-refractivity contribution in [3.05, 3.63) is 170 Å². The standard InChI is InChI=1S/C44H28/c1-2-11-29(12-3-1)32-23-26-41-42(28-32)43(34-24-25-37-33(27-34)22-21-31-14-5-6-16-35(31)37)39-18-8-9-19-40(39)44(41)38-20-10-15-30-13-4-7-17-36(30)38/h1-28H. The Kier molecular flexibility index (Phi) is 5.61. The fourth-order valence-electron chi connectivity index (χ4n) is 7.20. The molecule has 0 aliphatic rings. The fourth-order valence-corrected chi connectivity index (χ4v) is 7.20. The Bertz CT molecular complexity index is 2530. The Morgan fingerprint density at radius 1 is 0.227 bits per heavy atom. The van der Waals surface area contributed by atoms with Crippen LogP contribution in [-0.2, 0) is 0 Å². The van der Waals surface area contributed by atoms with Gasteiger partial charge < -0.3 is 0 Å². The summed E-state index contributed by atoms with van der Waals surface area (Å²) in [6, 6.07) is 62.4. The van der Waals surface area contributed by atoms with Crippen LogP contribution in [0.5, 0.6) is 0 Å². The van der Waals surface area contributed by atoms with Crippen LogP contribution < -0.4 is 0 Å². The Hall–Kier alpha value is -5.72. The van der Waals surface area contributed by atoms with Gasteiger partial charge in [0, 0.05) is 0 Å². The highest BCUT2D eigenvalue weighted by atomic mass is 14.2. The molecule has 0 aromatic heterocycles. The van der Waals surface area contributed by atoms with Gasteiger partial charge >= 0.3 is 0 Å². The molecule has 0 saturated heterocycles. The molecule has 0 spiro atoms. The molecule has 204 valence electrons. The maximum Gasteiger partial charge on any atom is -0.00201 e. The molecule has 0 amide bonds. The maximum absolute atomic E-state index is 2.41. The minimum Gasteiger partial charge on any atom is -0.0622 e. The Morgan fingerprint density at radius 3 is 1.59 bits per heavy atom. The molecular formula is C44H28. The third-order valence-electron chi connectivity index (χ3n) is 9.22. The first-order valence-electron chi connectivity index (χ1n) is 15.3. The molecule has 0 atom stereocenters. The van der Waals surface area contributed by atoms with Crippen molar-refractivity contribution in [2.45, 2.75) is 0 Å². The number of rotatable bonds is 3. The Labute approximate surface area is 256 Å². The molecule has 0 heterocycles. The summed E-state index contributed by atoms with van der Waals surface area (Å²) < 4.78 is 0. The molecule has 9 rings (SSSR count). The lowest BCUT2D eigenvalue weighted by Gasteiger charge is -2.20. The van der Waals surface area contributed by atoms with Crippen LogP contribution in [0.3, 0.4) is 0 Å². The minimum absolute atomic E-state index is 1.23. The van der Waals surface area contributed by atoms with Crippen LogP contribution in [0, 0.1) is 0 Å². The summed E-state index contributed by atoms with van der Waals surface area (Å²) in [5, 5.41) is 12.7. The predicted octanol–water partition coefficient (Wildman–Crippen LogP) is 12.5. The zero-order chi connectivity index (χ0) is 29.0. The molecule has 0 bridgehead atoms. The molecule has 0 nitrogen and oxygen atoms in total. The lowest BCUT2D eigenvalue weighted by Crippen LogP contribution is -1.92. The second kappa shape index (κ2) is 9.93. The van der Waals surface area contributed by atoms with Gasteiger partial charge in [0.15, 0.2) is 0 Å². The highest BCUT2D eigenvalue weighted by Gasteiger charge is 2.19. The zero-order valence-corrected chi connectivity index (χ0v) is 24.2. The zero-order valence-electron chi connectivity index (χ0n) is 24.2. The first-order chi connectivity index (χ1) is 21.8. The fraction of sp³-hybridized carbons (Fsp3) is 0. The number of fused-ring (bicyclic) bond motifs is 6. The van der Waals surface area contributed by atoms with Gasteiger partial charge in [0.2, 0.25) is 0 Å². The van der Waals surface area contributed by atoms with Crippen molar-refractivity contribution in [3.8, 4) is 33.4 Å². The van der Waals surface area contributed by atoms with E-state index < -0.39 is 0 Å². The van der Waals surface area contributed by atoms with Crippen LogP contribution in [0.1, 0.15) is 0 Å². The van der Waals surface area contributed by atoms with Gasteiger partial charge in [-0.05, 0) is 99.4 Å². The lowest BCUT2D eigenvalue weighted by atomic mass is 9.83. The van der Waals surface area contributed by atoms with Crippen molar-refractivity contribution in [2.75, 3.05) is 0 Å². The summed E-state index contributed by atoms with van der Waals surface area (Å²) in [4.78, 5) is 0. The Morgan fingerprint density at radius 2 is 0.773 bits per heavy atom. The van der Waals surface area contributed by atoms with Crippen LogP contribution in [0.4, 0.5) is 0 Å². The van der Waals surface area contributed by atoms with Gasteiger partial charge in [0.05, 0.1) is 0 Å². The number of benzene rings is 9. The van der Waals surface area contributed by atoms with Crippen LogP contribution >= 0.6 is 0 Å². The highest BCUT2D eigenvalue weighted by Crippen LogP contribution is 2.46. The van der Waals surface area contributed by atoms with Gasteiger partial charge in [-0.25, -0.2) is 0 Å². The molecule has 0 N–H and O–H groups in total. The average Bonchev–Trinajstić information content (AvgIpc) is 3.10. The van der Waals surface area contributed by atoms with E-state index in [4.69, 9.17) is 0 Å². The van der Waals surface area contributed by atoms with Crippen LogP contribution in [0.15, 0.2) is 170 Å². The van der Waals surface area contributed by atoms with Gasteiger partial charge in [0.25, 0.3) is 0 Å². The highest BCUT2D eigenvalue weighted by molar-refractivity contribution is 6.24. The van der Waals surface area contributed by atoms with Crippen molar-refractivity contribution in [1.29, 1.82) is 0 Å². The van der Waals surface area contributed by atoms with Crippen LogP contribution in [-0.4, -0.2) is 0 Å². The van der Waals surface area contributed by atoms with Gasteiger partial charge in [-0.1, -0.05) is 158 Å². The Balaban J connectivity index is 1.42. The molecule has 0 aliphatic heterocycles. The third-order valence-corrected chi connectivity index (χ3v) is 9.22. The molecular weight excluding hydrogens is 528 g/mol. The SMILES string of the molecule is c1ccc(-c2ccc3c(-c4cccc5ccccc45)c4ccccc4c(-c4ccc5c(ccc6ccccc65)c4)c3c2)cc1. The summed E-state index contributed by atoms with van der Waals surface area (Å²) in [6.45, 7) is 0. The molecule has 0 aliphatic carbocycles. The topological polar surface area (TPSA) is 0 Å². The summed E-state index contributed by atoms with van der Waals surface area (Å²) in [6.07, 6.45) is 0.